The van der Waals surface area contributed by atoms with Crippen LogP contribution >= 0.6 is 0 Å². The van der Waals surface area contributed by atoms with Crippen LogP contribution in [0, 0.1) is 19.7 Å². The molecule has 1 fully saturated rings. The number of nitrogens with one attached hydrogen (secondary N) is 1. The smallest absolute Gasteiger partial charge is 0.550 e. The van der Waals surface area contributed by atoms with Gasteiger partial charge in [0.05, 0.1) is 23.8 Å². The molecule has 1 amide bonds. The number of halogens is 1. The van der Waals surface area contributed by atoms with Crippen LogP contribution in [0.4, 0.5) is 10.1 Å². The van der Waals surface area contributed by atoms with Gasteiger partial charge in [0.1, 0.15) is 11.6 Å². The molecular weight excluding hydrogens is 410 g/mol. The van der Waals surface area contributed by atoms with E-state index in [0.717, 1.165) is 42.5 Å². The molecule has 8 heteroatoms. The van der Waals surface area contributed by atoms with Crippen molar-refractivity contribution in [3.05, 3.63) is 52.1 Å². The molecule has 0 aliphatic heterocycles. The first kappa shape index (κ1) is 25.3. The van der Waals surface area contributed by atoms with E-state index in [1.54, 1.807) is 26.0 Å². The maximum Gasteiger partial charge on any atom is 1.00 e. The van der Waals surface area contributed by atoms with E-state index in [0.29, 0.717) is 17.7 Å². The SMILES string of the molecule is Cc1cc(NC(=O)CC(=O)[O-])c(F)c(C)c1Cc1ccc(O)c(C2CCCCC2)n1.[Na+]. The van der Waals surface area contributed by atoms with Crippen LogP contribution in [0.2, 0.25) is 0 Å². The standard InChI is InChI=1S/C23H27FN2O4.Na/c1-13-10-18(26-20(28)12-21(29)30)22(24)14(2)17(13)11-16-8-9-19(27)23(25-16)15-6-4-3-5-7-15;/h8-10,15,27H,3-7,11-12H2,1-2H3,(H,26,28)(H,29,30);/q;+1/p-1. The Balaban J connectivity index is 0.00000341. The molecule has 0 spiro atoms. The number of carboxylic acids is 1. The van der Waals surface area contributed by atoms with Gasteiger partial charge in [0.2, 0.25) is 5.91 Å². The second-order valence-corrected chi connectivity index (χ2v) is 7.97. The van der Waals surface area contributed by atoms with Crippen LogP contribution in [0.3, 0.4) is 0 Å². The zero-order valence-electron chi connectivity index (χ0n) is 18.3. The van der Waals surface area contributed by atoms with Crippen LogP contribution < -0.4 is 40.0 Å². The number of aliphatic carboxylic acids is 1. The van der Waals surface area contributed by atoms with E-state index in [9.17, 15) is 24.2 Å². The molecule has 6 nitrogen and oxygen atoms in total. The van der Waals surface area contributed by atoms with Crippen LogP contribution in [0.25, 0.3) is 0 Å². The van der Waals surface area contributed by atoms with Gasteiger partial charge in [-0.25, -0.2) is 4.39 Å². The van der Waals surface area contributed by atoms with Crippen LogP contribution in [0.5, 0.6) is 5.75 Å². The van der Waals surface area contributed by atoms with Gasteiger partial charge < -0.3 is 20.3 Å². The Morgan fingerprint density at radius 1 is 1.23 bits per heavy atom. The summed E-state index contributed by atoms with van der Waals surface area (Å²) in [4.78, 5) is 26.9. The van der Waals surface area contributed by atoms with Gasteiger partial charge in [0.25, 0.3) is 0 Å². The fourth-order valence-electron chi connectivity index (χ4n) is 4.15. The first-order chi connectivity index (χ1) is 14.3. The predicted octanol–water partition coefficient (Wildman–Crippen LogP) is 0.264. The molecule has 1 aromatic heterocycles. The number of rotatable bonds is 6. The number of pyridine rings is 1. The first-order valence-electron chi connectivity index (χ1n) is 10.2. The van der Waals surface area contributed by atoms with Gasteiger partial charge in [-0.05, 0) is 61.6 Å². The van der Waals surface area contributed by atoms with Crippen molar-refractivity contribution in [3.8, 4) is 5.75 Å². The maximum absolute atomic E-state index is 14.8. The molecule has 3 rings (SSSR count). The topological polar surface area (TPSA) is 102 Å². The van der Waals surface area contributed by atoms with E-state index in [4.69, 9.17) is 4.98 Å². The number of aryl methyl sites for hydroxylation is 1. The van der Waals surface area contributed by atoms with Crippen molar-refractivity contribution >= 4 is 17.6 Å². The molecule has 2 aromatic rings. The van der Waals surface area contributed by atoms with Crippen molar-refractivity contribution in [3.63, 3.8) is 0 Å². The number of hydrogen-bond acceptors (Lipinski definition) is 5. The quantitative estimate of drug-likeness (QED) is 0.500. The molecule has 0 radical (unpaired) electrons. The molecule has 1 saturated carbocycles. The zero-order valence-corrected chi connectivity index (χ0v) is 20.3. The van der Waals surface area contributed by atoms with Crippen molar-refractivity contribution in [2.75, 3.05) is 5.32 Å². The number of nitrogens with zero attached hydrogens (tertiary/aromatic N) is 1. The number of amides is 1. The summed E-state index contributed by atoms with van der Waals surface area (Å²) in [6, 6.07) is 4.89. The molecule has 1 aromatic carbocycles. The molecular formula is C23H26FN2NaO4. The fraction of sp³-hybridized carbons (Fsp3) is 0.435. The molecule has 160 valence electrons. The zero-order chi connectivity index (χ0) is 21.8. The minimum atomic E-state index is -1.52. The Labute approximate surface area is 203 Å². The Morgan fingerprint density at radius 2 is 1.90 bits per heavy atom. The number of carboxylic acid groups (broad SMARTS) is 1. The Hall–Kier alpha value is -1.96. The molecule has 0 unspecified atom stereocenters. The van der Waals surface area contributed by atoms with Gasteiger partial charge in [0.15, 0.2) is 0 Å². The summed E-state index contributed by atoms with van der Waals surface area (Å²) >= 11 is 0. The van der Waals surface area contributed by atoms with Gasteiger partial charge in [-0.1, -0.05) is 19.3 Å². The summed E-state index contributed by atoms with van der Waals surface area (Å²) in [5.74, 6) is -2.51. The molecule has 0 bridgehead atoms. The molecule has 0 saturated heterocycles. The van der Waals surface area contributed by atoms with Gasteiger partial charge >= 0.3 is 29.6 Å². The summed E-state index contributed by atoms with van der Waals surface area (Å²) in [5.41, 5.74) is 3.28. The van der Waals surface area contributed by atoms with Crippen molar-refractivity contribution in [2.45, 2.75) is 64.7 Å². The Bertz CT molecular complexity index is 975. The fourth-order valence-corrected chi connectivity index (χ4v) is 4.15. The summed E-state index contributed by atoms with van der Waals surface area (Å²) in [6.07, 6.45) is 5.05. The molecule has 1 aliphatic carbocycles. The average Bonchev–Trinajstić information content (AvgIpc) is 2.70. The number of aromatic nitrogens is 1. The third-order valence-corrected chi connectivity index (χ3v) is 5.74. The Kier molecular flexibility index (Phi) is 9.03. The monoisotopic (exact) mass is 436 g/mol. The number of benzene rings is 1. The van der Waals surface area contributed by atoms with Gasteiger partial charge in [0, 0.05) is 18.0 Å². The number of aromatic hydroxyl groups is 1. The largest absolute Gasteiger partial charge is 1.00 e. The van der Waals surface area contributed by atoms with E-state index >= 15 is 0 Å². The second-order valence-electron chi connectivity index (χ2n) is 7.97. The van der Waals surface area contributed by atoms with Crippen molar-refractivity contribution in [2.24, 2.45) is 0 Å². The number of anilines is 1. The molecule has 1 aliphatic rings. The van der Waals surface area contributed by atoms with Gasteiger partial charge in [-0.3, -0.25) is 9.78 Å². The number of carbonyl (C=O) groups excluding carboxylic acids is 2. The van der Waals surface area contributed by atoms with Gasteiger partial charge in [-0.2, -0.15) is 0 Å². The third kappa shape index (κ3) is 6.28. The summed E-state index contributed by atoms with van der Waals surface area (Å²) in [7, 11) is 0. The van der Waals surface area contributed by atoms with E-state index in [2.05, 4.69) is 5.32 Å². The van der Waals surface area contributed by atoms with E-state index in [1.807, 2.05) is 0 Å². The summed E-state index contributed by atoms with van der Waals surface area (Å²) < 4.78 is 14.8. The molecule has 0 atom stereocenters. The first-order valence-corrected chi connectivity index (χ1v) is 10.2. The maximum atomic E-state index is 14.8. The van der Waals surface area contributed by atoms with E-state index < -0.39 is 24.1 Å². The summed E-state index contributed by atoms with van der Waals surface area (Å²) in [6.45, 7) is 3.42. The third-order valence-electron chi connectivity index (χ3n) is 5.74. The minimum Gasteiger partial charge on any atom is -0.550 e. The normalized spacial score (nSPS) is 14.0. The number of hydrogen-bond donors (Lipinski definition) is 2. The van der Waals surface area contributed by atoms with Crippen molar-refractivity contribution in [1.82, 2.24) is 4.98 Å². The van der Waals surface area contributed by atoms with E-state index in [1.165, 1.54) is 12.5 Å². The molecule has 31 heavy (non-hydrogen) atoms. The van der Waals surface area contributed by atoms with Crippen LogP contribution in [0.15, 0.2) is 18.2 Å². The Morgan fingerprint density at radius 3 is 2.55 bits per heavy atom. The molecule has 1 heterocycles. The van der Waals surface area contributed by atoms with Gasteiger partial charge in [-0.15, -0.1) is 0 Å². The minimum absolute atomic E-state index is 0. The predicted molar refractivity (Wildman–Crippen MR) is 109 cm³/mol. The summed E-state index contributed by atoms with van der Waals surface area (Å²) in [5, 5.41) is 23.1. The average molecular weight is 436 g/mol. The molecule has 2 N–H and O–H groups in total. The van der Waals surface area contributed by atoms with Crippen LogP contribution in [0.1, 0.15) is 72.5 Å². The van der Waals surface area contributed by atoms with E-state index in [-0.39, 0.29) is 46.9 Å². The van der Waals surface area contributed by atoms with Crippen molar-refractivity contribution < 1.29 is 53.7 Å². The second kappa shape index (κ2) is 11.1. The number of carbonyl (C=O) groups is 2. The van der Waals surface area contributed by atoms with Crippen LogP contribution in [-0.2, 0) is 16.0 Å². The van der Waals surface area contributed by atoms with Crippen molar-refractivity contribution in [1.29, 1.82) is 0 Å². The van der Waals surface area contributed by atoms with Crippen LogP contribution in [-0.4, -0.2) is 22.0 Å².